The topological polar surface area (TPSA) is 63.3 Å². The van der Waals surface area contributed by atoms with Gasteiger partial charge in [-0.3, -0.25) is 4.79 Å². The van der Waals surface area contributed by atoms with E-state index in [1.54, 1.807) is 6.92 Å². The monoisotopic (exact) mass is 209 g/mol. The van der Waals surface area contributed by atoms with Gasteiger partial charge in [0.05, 0.1) is 11.6 Å². The van der Waals surface area contributed by atoms with Crippen LogP contribution in [0.4, 0.5) is 0 Å². The molecule has 1 aliphatic rings. The van der Waals surface area contributed by atoms with Crippen LogP contribution in [-0.2, 0) is 24.1 Å². The van der Waals surface area contributed by atoms with Crippen molar-refractivity contribution in [2.24, 2.45) is 5.92 Å². The molecule has 1 atom stereocenters. The third-order valence-corrected chi connectivity index (χ3v) is 2.79. The number of rotatable bonds is 3. The third-order valence-electron chi connectivity index (χ3n) is 2.79. The first-order valence-electron chi connectivity index (χ1n) is 5.37. The van der Waals surface area contributed by atoms with Crippen LogP contribution in [0.3, 0.4) is 0 Å². The molecule has 0 saturated heterocycles. The summed E-state index contributed by atoms with van der Waals surface area (Å²) in [4.78, 5) is 15.0. The van der Waals surface area contributed by atoms with E-state index in [0.29, 0.717) is 12.3 Å². The first-order chi connectivity index (χ1) is 7.16. The fraction of sp³-hybridized carbons (Fsp3) is 0.636. The summed E-state index contributed by atoms with van der Waals surface area (Å²) in [6.07, 6.45) is 4.62. The average Bonchev–Trinajstić information content (AvgIpc) is 2.59. The molecule has 0 radical (unpaired) electrons. The second-order valence-corrected chi connectivity index (χ2v) is 4.13. The van der Waals surface area contributed by atoms with Gasteiger partial charge in [-0.25, -0.2) is 4.98 Å². The van der Waals surface area contributed by atoms with Crippen LogP contribution in [0.2, 0.25) is 0 Å². The van der Waals surface area contributed by atoms with Crippen molar-refractivity contribution in [2.45, 2.75) is 39.0 Å². The van der Waals surface area contributed by atoms with Crippen LogP contribution in [0, 0.1) is 5.92 Å². The Bertz CT molecular complexity index is 346. The lowest BCUT2D eigenvalue weighted by Gasteiger charge is -2.05. The lowest BCUT2D eigenvalue weighted by atomic mass is 10.0. The maximum Gasteiger partial charge on any atom is 0.306 e. The molecular formula is C11H15NO3. The molecule has 0 saturated carbocycles. The molecule has 0 spiro atoms. The Morgan fingerprint density at radius 2 is 2.27 bits per heavy atom. The second kappa shape index (κ2) is 4.04. The lowest BCUT2D eigenvalue weighted by molar-refractivity contribution is -0.141. The number of hydrogen-bond acceptors (Lipinski definition) is 3. The highest BCUT2D eigenvalue weighted by Crippen LogP contribution is 2.22. The van der Waals surface area contributed by atoms with Crippen LogP contribution < -0.4 is 0 Å². The summed E-state index contributed by atoms with van der Waals surface area (Å²) in [6, 6.07) is 0. The van der Waals surface area contributed by atoms with Crippen LogP contribution in [0.15, 0.2) is 4.42 Å². The van der Waals surface area contributed by atoms with Gasteiger partial charge in [-0.05, 0) is 19.3 Å². The van der Waals surface area contributed by atoms with Crippen LogP contribution in [0.25, 0.3) is 0 Å². The zero-order valence-corrected chi connectivity index (χ0v) is 8.82. The number of aryl methyl sites for hydroxylation is 2. The van der Waals surface area contributed by atoms with Crippen molar-refractivity contribution in [3.8, 4) is 0 Å². The van der Waals surface area contributed by atoms with Gasteiger partial charge in [0.25, 0.3) is 0 Å². The molecule has 1 unspecified atom stereocenters. The predicted molar refractivity (Wildman–Crippen MR) is 53.6 cm³/mol. The Balaban J connectivity index is 2.09. The molecule has 0 aliphatic heterocycles. The van der Waals surface area contributed by atoms with Crippen molar-refractivity contribution in [1.82, 2.24) is 4.98 Å². The molecule has 0 fully saturated rings. The molecule has 15 heavy (non-hydrogen) atoms. The molecule has 1 heterocycles. The average molecular weight is 209 g/mol. The maximum absolute atomic E-state index is 10.7. The molecule has 2 rings (SSSR count). The molecule has 0 bridgehead atoms. The minimum atomic E-state index is -0.800. The van der Waals surface area contributed by atoms with Gasteiger partial charge >= 0.3 is 5.97 Å². The van der Waals surface area contributed by atoms with E-state index in [9.17, 15) is 4.79 Å². The van der Waals surface area contributed by atoms with E-state index in [1.165, 1.54) is 0 Å². The van der Waals surface area contributed by atoms with Gasteiger partial charge in [0.1, 0.15) is 5.76 Å². The van der Waals surface area contributed by atoms with Crippen LogP contribution >= 0.6 is 0 Å². The Morgan fingerprint density at radius 3 is 2.93 bits per heavy atom. The van der Waals surface area contributed by atoms with Crippen LogP contribution in [-0.4, -0.2) is 16.1 Å². The van der Waals surface area contributed by atoms with Gasteiger partial charge in [0.15, 0.2) is 5.89 Å². The zero-order chi connectivity index (χ0) is 10.8. The van der Waals surface area contributed by atoms with E-state index in [-0.39, 0.29) is 0 Å². The fourth-order valence-corrected chi connectivity index (χ4v) is 1.84. The fourth-order valence-electron chi connectivity index (χ4n) is 1.84. The summed E-state index contributed by atoms with van der Waals surface area (Å²) in [5.41, 5.74) is 1.04. The zero-order valence-electron chi connectivity index (χ0n) is 8.82. The molecule has 4 heteroatoms. The van der Waals surface area contributed by atoms with Crippen molar-refractivity contribution in [2.75, 3.05) is 0 Å². The second-order valence-electron chi connectivity index (χ2n) is 4.13. The highest BCUT2D eigenvalue weighted by atomic mass is 16.4. The highest BCUT2D eigenvalue weighted by molar-refractivity contribution is 5.69. The third kappa shape index (κ3) is 2.19. The molecule has 1 aromatic rings. The first-order valence-corrected chi connectivity index (χ1v) is 5.37. The van der Waals surface area contributed by atoms with Crippen molar-refractivity contribution < 1.29 is 14.3 Å². The van der Waals surface area contributed by atoms with Gasteiger partial charge in [0, 0.05) is 12.8 Å². The summed E-state index contributed by atoms with van der Waals surface area (Å²) >= 11 is 0. The van der Waals surface area contributed by atoms with Crippen LogP contribution in [0.5, 0.6) is 0 Å². The standard InChI is InChI=1S/C11H15NO3/c1-7(11(13)14)6-10-12-8-4-2-3-5-9(8)15-10/h7H,2-6H2,1H3,(H,13,14). The molecule has 1 aliphatic carbocycles. The smallest absolute Gasteiger partial charge is 0.306 e. The Hall–Kier alpha value is -1.32. The molecule has 0 amide bonds. The van der Waals surface area contributed by atoms with Gasteiger partial charge in [0.2, 0.25) is 0 Å². The lowest BCUT2D eigenvalue weighted by Crippen LogP contribution is -2.12. The van der Waals surface area contributed by atoms with E-state index >= 15 is 0 Å². The van der Waals surface area contributed by atoms with E-state index in [1.807, 2.05) is 0 Å². The van der Waals surface area contributed by atoms with Crippen molar-refractivity contribution in [3.05, 3.63) is 17.3 Å². The number of aliphatic carboxylic acids is 1. The summed E-state index contributed by atoms with van der Waals surface area (Å²) in [6.45, 7) is 1.67. The molecule has 0 aromatic carbocycles. The van der Waals surface area contributed by atoms with Crippen molar-refractivity contribution in [3.63, 3.8) is 0 Å². The Morgan fingerprint density at radius 1 is 1.53 bits per heavy atom. The number of carbonyl (C=O) groups is 1. The number of carboxylic acids is 1. The Kier molecular flexibility index (Phi) is 2.75. The van der Waals surface area contributed by atoms with E-state index < -0.39 is 11.9 Å². The van der Waals surface area contributed by atoms with Crippen molar-refractivity contribution in [1.29, 1.82) is 0 Å². The normalized spacial score (nSPS) is 17.1. The number of oxazole rings is 1. The predicted octanol–water partition coefficient (Wildman–Crippen LogP) is 1.82. The van der Waals surface area contributed by atoms with Gasteiger partial charge in [-0.2, -0.15) is 0 Å². The minimum absolute atomic E-state index is 0.391. The molecule has 1 N–H and O–H groups in total. The summed E-state index contributed by atoms with van der Waals surface area (Å²) < 4.78 is 5.55. The summed E-state index contributed by atoms with van der Waals surface area (Å²) in [7, 11) is 0. The van der Waals surface area contributed by atoms with Crippen molar-refractivity contribution >= 4 is 5.97 Å². The number of carboxylic acid groups (broad SMARTS) is 1. The van der Waals surface area contributed by atoms with E-state index in [0.717, 1.165) is 37.1 Å². The number of fused-ring (bicyclic) bond motifs is 1. The molecule has 1 aromatic heterocycles. The molecule has 4 nitrogen and oxygen atoms in total. The van der Waals surface area contributed by atoms with Gasteiger partial charge in [-0.15, -0.1) is 0 Å². The highest BCUT2D eigenvalue weighted by Gasteiger charge is 2.20. The minimum Gasteiger partial charge on any atom is -0.481 e. The number of nitrogens with zero attached hydrogens (tertiary/aromatic N) is 1. The Labute approximate surface area is 88.3 Å². The molecule has 82 valence electrons. The number of hydrogen-bond donors (Lipinski definition) is 1. The molecular weight excluding hydrogens is 194 g/mol. The first kappa shape index (κ1) is 10.2. The van der Waals surface area contributed by atoms with Gasteiger partial charge in [-0.1, -0.05) is 6.92 Å². The van der Waals surface area contributed by atoms with Crippen LogP contribution in [0.1, 0.15) is 37.1 Å². The number of aromatic nitrogens is 1. The summed E-state index contributed by atoms with van der Waals surface area (Å²) in [5.74, 6) is 0.321. The maximum atomic E-state index is 10.7. The largest absolute Gasteiger partial charge is 0.481 e. The quantitative estimate of drug-likeness (QED) is 0.824. The SMILES string of the molecule is CC(Cc1nc2c(o1)CCCC2)C(=O)O. The van der Waals surface area contributed by atoms with E-state index in [4.69, 9.17) is 9.52 Å². The van der Waals surface area contributed by atoms with Gasteiger partial charge < -0.3 is 9.52 Å². The van der Waals surface area contributed by atoms with E-state index in [2.05, 4.69) is 4.98 Å². The summed E-state index contributed by atoms with van der Waals surface area (Å²) in [5, 5.41) is 8.78.